The molecule has 3 heteroatoms. The summed E-state index contributed by atoms with van der Waals surface area (Å²) in [6, 6.07) is 15.1. The van der Waals surface area contributed by atoms with E-state index in [9.17, 15) is 0 Å². The summed E-state index contributed by atoms with van der Waals surface area (Å²) in [7, 11) is 0. The van der Waals surface area contributed by atoms with Gasteiger partial charge in [-0.3, -0.25) is 0 Å². The molecule has 0 amide bonds. The zero-order valence-corrected chi connectivity index (χ0v) is 16.7. The van der Waals surface area contributed by atoms with Crippen molar-refractivity contribution >= 4 is 0 Å². The number of hydrogen-bond donors (Lipinski definition) is 1. The zero-order chi connectivity index (χ0) is 19.1. The van der Waals surface area contributed by atoms with Gasteiger partial charge in [0.25, 0.3) is 0 Å². The third-order valence-corrected chi connectivity index (χ3v) is 5.53. The fraction of sp³-hybridized carbons (Fsp3) is 0.500. The first-order chi connectivity index (χ1) is 13.2. The van der Waals surface area contributed by atoms with Gasteiger partial charge in [-0.05, 0) is 73.9 Å². The van der Waals surface area contributed by atoms with Crippen LogP contribution in [0.25, 0.3) is 0 Å². The fourth-order valence-electron chi connectivity index (χ4n) is 3.92. The molecule has 146 valence electrons. The highest BCUT2D eigenvalue weighted by molar-refractivity contribution is 5.36. The van der Waals surface area contributed by atoms with Gasteiger partial charge in [0, 0.05) is 0 Å². The second-order valence-corrected chi connectivity index (χ2v) is 7.65. The molecule has 0 fully saturated rings. The summed E-state index contributed by atoms with van der Waals surface area (Å²) in [6.45, 7) is 6.28. The molecule has 0 radical (unpaired) electrons. The van der Waals surface area contributed by atoms with Crippen molar-refractivity contribution in [1.29, 1.82) is 0 Å². The van der Waals surface area contributed by atoms with Gasteiger partial charge in [-0.25, -0.2) is 0 Å². The maximum Gasteiger partial charge on any atom is 0.119 e. The minimum absolute atomic E-state index is 0.297. The lowest BCUT2D eigenvalue weighted by Gasteiger charge is -2.26. The molecule has 0 spiro atoms. The first-order valence-electron chi connectivity index (χ1n) is 10.3. The van der Waals surface area contributed by atoms with Crippen LogP contribution in [0, 0.1) is 6.92 Å². The van der Waals surface area contributed by atoms with Gasteiger partial charge < -0.3 is 15.2 Å². The van der Waals surface area contributed by atoms with E-state index in [0.29, 0.717) is 25.2 Å². The molecule has 0 saturated carbocycles. The van der Waals surface area contributed by atoms with Gasteiger partial charge in [0.05, 0.1) is 12.7 Å². The summed E-state index contributed by atoms with van der Waals surface area (Å²) >= 11 is 0. The van der Waals surface area contributed by atoms with Crippen LogP contribution in [0.4, 0.5) is 0 Å². The molecule has 1 aliphatic rings. The lowest BCUT2D eigenvalue weighted by Crippen LogP contribution is -2.25. The number of rotatable bonds is 9. The Morgan fingerprint density at radius 2 is 1.89 bits per heavy atom. The van der Waals surface area contributed by atoms with E-state index in [1.165, 1.54) is 35.1 Å². The third kappa shape index (κ3) is 5.57. The Balaban J connectivity index is 1.47. The number of benzene rings is 2. The summed E-state index contributed by atoms with van der Waals surface area (Å²) < 4.78 is 11.8. The van der Waals surface area contributed by atoms with Crippen LogP contribution in [0.15, 0.2) is 42.5 Å². The van der Waals surface area contributed by atoms with Crippen molar-refractivity contribution in [3.05, 3.63) is 64.7 Å². The van der Waals surface area contributed by atoms with E-state index in [0.717, 1.165) is 31.6 Å². The third-order valence-electron chi connectivity index (χ3n) is 5.53. The lowest BCUT2D eigenvalue weighted by molar-refractivity contribution is 0.0262. The fourth-order valence-corrected chi connectivity index (χ4v) is 3.92. The number of aryl methyl sites for hydroxylation is 2. The summed E-state index contributed by atoms with van der Waals surface area (Å²) in [5, 5.41) is 0. The maximum atomic E-state index is 6.08. The molecule has 2 atom stereocenters. The van der Waals surface area contributed by atoms with Crippen molar-refractivity contribution in [1.82, 2.24) is 0 Å². The minimum atomic E-state index is 0.297. The standard InChI is InChI=1S/C24H33NO2/c1-3-4-22(17-25)20-7-8-21-16-24(12-9-19(21)15-20)27-14-13-26-23-10-5-18(2)6-11-23/h5-8,10-11,15,22,24H,3-4,9,12-14,16-17,25H2,1-2H3/t22?,24-/m0/s1. The van der Waals surface area contributed by atoms with Crippen molar-refractivity contribution < 1.29 is 9.47 Å². The Morgan fingerprint density at radius 1 is 1.07 bits per heavy atom. The van der Waals surface area contributed by atoms with E-state index >= 15 is 0 Å². The van der Waals surface area contributed by atoms with Gasteiger partial charge in [-0.15, -0.1) is 0 Å². The van der Waals surface area contributed by atoms with E-state index < -0.39 is 0 Å². The van der Waals surface area contributed by atoms with Crippen LogP contribution in [0.2, 0.25) is 0 Å². The van der Waals surface area contributed by atoms with Crippen molar-refractivity contribution in [2.45, 2.75) is 58.0 Å². The topological polar surface area (TPSA) is 44.5 Å². The van der Waals surface area contributed by atoms with Gasteiger partial charge in [-0.2, -0.15) is 0 Å². The second-order valence-electron chi connectivity index (χ2n) is 7.65. The van der Waals surface area contributed by atoms with Crippen LogP contribution < -0.4 is 10.5 Å². The Hall–Kier alpha value is -1.84. The Morgan fingerprint density at radius 3 is 2.63 bits per heavy atom. The maximum absolute atomic E-state index is 6.08. The first kappa shape index (κ1) is 19.9. The monoisotopic (exact) mass is 367 g/mol. The largest absolute Gasteiger partial charge is 0.491 e. The molecule has 3 nitrogen and oxygen atoms in total. The van der Waals surface area contributed by atoms with Crippen LogP contribution in [-0.2, 0) is 17.6 Å². The van der Waals surface area contributed by atoms with Crippen molar-refractivity contribution in [2.24, 2.45) is 5.73 Å². The van der Waals surface area contributed by atoms with Gasteiger partial charge in [0.1, 0.15) is 12.4 Å². The second kappa shape index (κ2) is 9.91. The summed E-state index contributed by atoms with van der Waals surface area (Å²) in [5.74, 6) is 1.40. The molecule has 2 aromatic carbocycles. The highest BCUT2D eigenvalue weighted by atomic mass is 16.5. The SMILES string of the molecule is CCCC(CN)c1ccc2c(c1)CC[C@H](OCCOc1ccc(C)cc1)C2. The average molecular weight is 368 g/mol. The number of nitrogens with two attached hydrogens (primary N) is 1. The van der Waals surface area contributed by atoms with Gasteiger partial charge in [0.15, 0.2) is 0 Å². The molecule has 0 aliphatic heterocycles. The Labute approximate surface area is 163 Å². The van der Waals surface area contributed by atoms with Crippen LogP contribution >= 0.6 is 0 Å². The predicted molar refractivity (Wildman–Crippen MR) is 112 cm³/mol. The number of fused-ring (bicyclic) bond motifs is 1. The minimum Gasteiger partial charge on any atom is -0.491 e. The smallest absolute Gasteiger partial charge is 0.119 e. The molecule has 2 N–H and O–H groups in total. The zero-order valence-electron chi connectivity index (χ0n) is 16.7. The van der Waals surface area contributed by atoms with E-state index in [4.69, 9.17) is 15.2 Å². The summed E-state index contributed by atoms with van der Waals surface area (Å²) in [6.07, 6.45) is 5.83. The summed E-state index contributed by atoms with van der Waals surface area (Å²) in [5.41, 5.74) is 11.5. The van der Waals surface area contributed by atoms with Crippen LogP contribution in [0.3, 0.4) is 0 Å². The van der Waals surface area contributed by atoms with E-state index in [2.05, 4.69) is 44.2 Å². The average Bonchev–Trinajstić information content (AvgIpc) is 2.70. The normalized spacial score (nSPS) is 17.4. The Bertz CT molecular complexity index is 711. The molecule has 3 rings (SSSR count). The number of hydrogen-bond acceptors (Lipinski definition) is 3. The molecule has 0 aromatic heterocycles. The molecule has 1 unspecified atom stereocenters. The molecular weight excluding hydrogens is 334 g/mol. The summed E-state index contributed by atoms with van der Waals surface area (Å²) in [4.78, 5) is 0. The van der Waals surface area contributed by atoms with Crippen molar-refractivity contribution in [2.75, 3.05) is 19.8 Å². The molecular formula is C24H33NO2. The first-order valence-corrected chi connectivity index (χ1v) is 10.3. The van der Waals surface area contributed by atoms with Crippen molar-refractivity contribution in [3.8, 4) is 5.75 Å². The van der Waals surface area contributed by atoms with Crippen LogP contribution in [0.1, 0.15) is 54.4 Å². The lowest BCUT2D eigenvalue weighted by atomic mass is 9.85. The van der Waals surface area contributed by atoms with Gasteiger partial charge >= 0.3 is 0 Å². The highest BCUT2D eigenvalue weighted by Gasteiger charge is 2.20. The van der Waals surface area contributed by atoms with Gasteiger partial charge in [-0.1, -0.05) is 49.2 Å². The quantitative estimate of drug-likeness (QED) is 0.648. The van der Waals surface area contributed by atoms with E-state index in [1.807, 2.05) is 12.1 Å². The molecule has 1 aliphatic carbocycles. The molecule has 0 saturated heterocycles. The molecule has 2 aromatic rings. The highest BCUT2D eigenvalue weighted by Crippen LogP contribution is 2.28. The van der Waals surface area contributed by atoms with Crippen molar-refractivity contribution in [3.63, 3.8) is 0 Å². The number of ether oxygens (including phenoxy) is 2. The van der Waals surface area contributed by atoms with Crippen LogP contribution in [-0.4, -0.2) is 25.9 Å². The Kier molecular flexibility index (Phi) is 7.31. The van der Waals surface area contributed by atoms with Gasteiger partial charge in [0.2, 0.25) is 0 Å². The predicted octanol–water partition coefficient (Wildman–Crippen LogP) is 4.79. The molecule has 27 heavy (non-hydrogen) atoms. The molecule has 0 heterocycles. The van der Waals surface area contributed by atoms with E-state index in [1.54, 1.807) is 0 Å². The van der Waals surface area contributed by atoms with E-state index in [-0.39, 0.29) is 0 Å². The van der Waals surface area contributed by atoms with Crippen LogP contribution in [0.5, 0.6) is 5.75 Å². The molecule has 0 bridgehead atoms.